The average molecular weight is 482 g/mol. The van der Waals surface area contributed by atoms with Gasteiger partial charge in [-0.2, -0.15) is 0 Å². The lowest BCUT2D eigenvalue weighted by molar-refractivity contribution is -0.118. The Hall–Kier alpha value is -4.25. The molecule has 0 saturated heterocycles. The smallest absolute Gasteiger partial charge is 0.292 e. The zero-order valence-corrected chi connectivity index (χ0v) is 18.8. The molecule has 34 heavy (non-hydrogen) atoms. The van der Waals surface area contributed by atoms with Gasteiger partial charge in [0.15, 0.2) is 0 Å². The first-order chi connectivity index (χ1) is 16.2. The first-order valence-electron chi connectivity index (χ1n) is 10.1. The van der Waals surface area contributed by atoms with Crippen molar-refractivity contribution in [2.75, 3.05) is 21.6 Å². The molecule has 0 atom stereocenters. The normalized spacial score (nSPS) is 13.6. The number of amides is 2. The predicted octanol–water partition coefficient (Wildman–Crippen LogP) is 2.82. The van der Waals surface area contributed by atoms with E-state index in [4.69, 9.17) is 0 Å². The van der Waals surface area contributed by atoms with Gasteiger partial charge < -0.3 is 5.32 Å². The molecule has 9 nitrogen and oxygen atoms in total. The van der Waals surface area contributed by atoms with Crippen molar-refractivity contribution in [3.63, 3.8) is 0 Å². The van der Waals surface area contributed by atoms with Crippen LogP contribution in [0.25, 0.3) is 0 Å². The number of nitrogens with one attached hydrogen (secondary N) is 3. The molecule has 0 radical (unpaired) electrons. The van der Waals surface area contributed by atoms with Gasteiger partial charge in [-0.3, -0.25) is 24.7 Å². The number of aryl methyl sites for hydroxylation is 1. The number of sulfonamides is 1. The number of anilines is 3. The van der Waals surface area contributed by atoms with Crippen molar-refractivity contribution in [1.82, 2.24) is 5.43 Å². The van der Waals surface area contributed by atoms with Crippen molar-refractivity contribution in [2.45, 2.75) is 11.8 Å². The van der Waals surface area contributed by atoms with Gasteiger partial charge in [0, 0.05) is 5.69 Å². The summed E-state index contributed by atoms with van der Waals surface area (Å²) >= 11 is 0. The molecule has 0 spiro atoms. The van der Waals surface area contributed by atoms with Crippen LogP contribution in [0.5, 0.6) is 0 Å². The fourth-order valence-corrected chi connectivity index (χ4v) is 4.17. The molecule has 1 heterocycles. The van der Waals surface area contributed by atoms with Crippen molar-refractivity contribution in [2.24, 2.45) is 4.99 Å². The number of hydrogen-bond acceptors (Lipinski definition) is 6. The lowest BCUT2D eigenvalue weighted by Crippen LogP contribution is -2.54. The summed E-state index contributed by atoms with van der Waals surface area (Å²) in [6, 6.07) is 17.7. The van der Waals surface area contributed by atoms with Crippen LogP contribution in [-0.2, 0) is 19.6 Å². The van der Waals surface area contributed by atoms with Gasteiger partial charge in [-0.05, 0) is 61.5 Å². The molecule has 0 aromatic heterocycles. The third-order valence-corrected chi connectivity index (χ3v) is 6.24. The van der Waals surface area contributed by atoms with E-state index in [0.717, 1.165) is 11.6 Å². The number of carbonyl (C=O) groups is 2. The zero-order chi connectivity index (χ0) is 24.3. The van der Waals surface area contributed by atoms with E-state index >= 15 is 0 Å². The molecule has 3 N–H and O–H groups in total. The molecule has 4 rings (SSSR count). The van der Waals surface area contributed by atoms with Gasteiger partial charge in [0.05, 0.1) is 16.3 Å². The van der Waals surface area contributed by atoms with Gasteiger partial charge >= 0.3 is 0 Å². The Morgan fingerprint density at radius 1 is 1.03 bits per heavy atom. The van der Waals surface area contributed by atoms with E-state index in [1.165, 1.54) is 47.5 Å². The van der Waals surface area contributed by atoms with E-state index in [1.54, 1.807) is 12.1 Å². The molecule has 0 fully saturated rings. The van der Waals surface area contributed by atoms with Gasteiger partial charge in [0.1, 0.15) is 12.4 Å². The quantitative estimate of drug-likeness (QED) is 0.500. The second kappa shape index (κ2) is 9.32. The Labute approximate surface area is 195 Å². The van der Waals surface area contributed by atoms with Crippen LogP contribution in [0.1, 0.15) is 5.56 Å². The second-order valence-electron chi connectivity index (χ2n) is 7.44. The summed E-state index contributed by atoms with van der Waals surface area (Å²) in [6.07, 6.45) is 0. The summed E-state index contributed by atoms with van der Waals surface area (Å²) in [5.74, 6) is -1.55. The van der Waals surface area contributed by atoms with Crippen LogP contribution < -0.4 is 20.5 Å². The molecule has 0 aliphatic carbocycles. The largest absolute Gasteiger partial charge is 0.319 e. The van der Waals surface area contributed by atoms with Crippen molar-refractivity contribution < 1.29 is 22.4 Å². The molecule has 11 heteroatoms. The molecule has 3 aromatic carbocycles. The SMILES string of the molecule is Cc1ccc(N2NC(C(=O)Nc3ccc(S(=O)(=O)Nc4cccc(F)c4)cc3)=NCC2=O)cc1. The summed E-state index contributed by atoms with van der Waals surface area (Å²) in [5.41, 5.74) is 4.71. The lowest BCUT2D eigenvalue weighted by atomic mass is 10.2. The monoisotopic (exact) mass is 481 g/mol. The highest BCUT2D eigenvalue weighted by atomic mass is 32.2. The topological polar surface area (TPSA) is 120 Å². The van der Waals surface area contributed by atoms with Crippen molar-refractivity contribution in [3.05, 3.63) is 84.2 Å². The minimum atomic E-state index is -3.95. The molecular formula is C23H20FN5O4S. The maximum atomic E-state index is 13.3. The Bertz CT molecular complexity index is 1370. The van der Waals surface area contributed by atoms with E-state index in [0.29, 0.717) is 11.4 Å². The Kier molecular flexibility index (Phi) is 6.28. The number of hydrogen-bond donors (Lipinski definition) is 3. The highest BCUT2D eigenvalue weighted by Gasteiger charge is 2.25. The molecule has 1 aliphatic heterocycles. The summed E-state index contributed by atoms with van der Waals surface area (Å²) in [4.78, 5) is 28.8. The highest BCUT2D eigenvalue weighted by Crippen LogP contribution is 2.19. The van der Waals surface area contributed by atoms with Gasteiger partial charge in [-0.15, -0.1) is 0 Å². The fourth-order valence-electron chi connectivity index (χ4n) is 3.12. The minimum Gasteiger partial charge on any atom is -0.319 e. The number of rotatable bonds is 6. The summed E-state index contributed by atoms with van der Waals surface area (Å²) < 4.78 is 40.7. The van der Waals surface area contributed by atoms with Crippen molar-refractivity contribution in [3.8, 4) is 0 Å². The first-order valence-corrected chi connectivity index (χ1v) is 11.6. The van der Waals surface area contributed by atoms with Crippen LogP contribution in [-0.4, -0.2) is 32.6 Å². The minimum absolute atomic E-state index is 0.0651. The average Bonchev–Trinajstić information content (AvgIpc) is 2.80. The van der Waals surface area contributed by atoms with E-state index in [1.807, 2.05) is 19.1 Å². The van der Waals surface area contributed by atoms with Gasteiger partial charge in [-0.25, -0.2) is 17.8 Å². The standard InChI is InChI=1S/C23H20FN5O4S/c1-15-5-9-19(10-6-15)29-21(30)14-25-22(27-29)23(31)26-17-7-11-20(12-8-17)34(32,33)28-18-4-2-3-16(24)13-18/h2-13,28H,14H2,1H3,(H,25,27)(H,26,31). The number of carbonyl (C=O) groups excluding carboxylic acids is 2. The van der Waals surface area contributed by atoms with E-state index in [2.05, 4.69) is 20.5 Å². The predicted molar refractivity (Wildman–Crippen MR) is 126 cm³/mol. The van der Waals surface area contributed by atoms with E-state index < -0.39 is 21.7 Å². The van der Waals surface area contributed by atoms with Crippen LogP contribution in [0.2, 0.25) is 0 Å². The molecular weight excluding hydrogens is 461 g/mol. The van der Waals surface area contributed by atoms with Gasteiger partial charge in [0.25, 0.3) is 21.8 Å². The molecule has 1 aliphatic rings. The third-order valence-electron chi connectivity index (χ3n) is 4.85. The number of nitrogens with zero attached hydrogens (tertiary/aromatic N) is 2. The highest BCUT2D eigenvalue weighted by molar-refractivity contribution is 7.92. The Balaban J connectivity index is 1.43. The third kappa shape index (κ3) is 5.21. The van der Waals surface area contributed by atoms with E-state index in [9.17, 15) is 22.4 Å². The van der Waals surface area contributed by atoms with Crippen LogP contribution in [0.15, 0.2) is 82.7 Å². The summed E-state index contributed by atoms with van der Waals surface area (Å²) in [7, 11) is -3.95. The van der Waals surface area contributed by atoms with Crippen LogP contribution in [0.3, 0.4) is 0 Å². The number of benzene rings is 3. The number of hydrazine groups is 1. The molecule has 0 unspecified atom stereocenters. The molecule has 3 aromatic rings. The molecule has 0 bridgehead atoms. The fraction of sp³-hybridized carbons (Fsp3) is 0.0870. The number of amidine groups is 1. The van der Waals surface area contributed by atoms with Crippen LogP contribution in [0, 0.1) is 12.7 Å². The maximum Gasteiger partial charge on any atom is 0.292 e. The number of aliphatic imine (C=N–C) groups is 1. The van der Waals surface area contributed by atoms with Crippen LogP contribution >= 0.6 is 0 Å². The zero-order valence-electron chi connectivity index (χ0n) is 17.9. The van der Waals surface area contributed by atoms with Crippen molar-refractivity contribution in [1.29, 1.82) is 0 Å². The maximum absolute atomic E-state index is 13.3. The summed E-state index contributed by atoms with van der Waals surface area (Å²) in [6.45, 7) is 1.72. The van der Waals surface area contributed by atoms with Crippen molar-refractivity contribution >= 4 is 44.7 Å². The molecule has 2 amide bonds. The molecule has 0 saturated carbocycles. The van der Waals surface area contributed by atoms with E-state index in [-0.39, 0.29) is 28.9 Å². The second-order valence-corrected chi connectivity index (χ2v) is 9.12. The molecule has 174 valence electrons. The summed E-state index contributed by atoms with van der Waals surface area (Å²) in [5, 5.41) is 3.85. The first kappa shape index (κ1) is 22.9. The van der Waals surface area contributed by atoms with Gasteiger partial charge in [0.2, 0.25) is 5.84 Å². The Morgan fingerprint density at radius 2 is 1.74 bits per heavy atom. The van der Waals surface area contributed by atoms with Gasteiger partial charge in [-0.1, -0.05) is 23.8 Å². The number of halogens is 1. The Morgan fingerprint density at radius 3 is 2.41 bits per heavy atom. The lowest BCUT2D eigenvalue weighted by Gasteiger charge is -2.27. The van der Waals surface area contributed by atoms with Crippen LogP contribution in [0.4, 0.5) is 21.5 Å².